The number of hydrogen-bond acceptors (Lipinski definition) is 3. The van der Waals surface area contributed by atoms with Crippen molar-refractivity contribution >= 4 is 34.5 Å². The number of nitrogens with one attached hydrogen (secondary N) is 1. The molecule has 1 N–H and O–H groups in total. The standard InChI is InChI=1S/C15H16INO3/c1-3-10-8-20-15(19)13(9(10)2)17-14(18)11-4-6-12(16)7-5-11/h3-7,9,13H,8H2,1-2H3,(H,17,18)/b10-3+/t9-,13+/m1/s1. The summed E-state index contributed by atoms with van der Waals surface area (Å²) in [6.07, 6.45) is 1.93. The van der Waals surface area contributed by atoms with Gasteiger partial charge in [0, 0.05) is 15.1 Å². The molecule has 4 nitrogen and oxygen atoms in total. The molecule has 0 bridgehead atoms. The number of allylic oxidation sites excluding steroid dienone is 1. The largest absolute Gasteiger partial charge is 0.460 e. The van der Waals surface area contributed by atoms with Gasteiger partial charge in [-0.25, -0.2) is 4.79 Å². The number of carbonyl (C=O) groups is 2. The minimum absolute atomic E-state index is 0.0472. The van der Waals surface area contributed by atoms with E-state index in [-0.39, 0.29) is 17.8 Å². The molecule has 1 heterocycles. The smallest absolute Gasteiger partial charge is 0.329 e. The van der Waals surface area contributed by atoms with E-state index in [0.29, 0.717) is 12.2 Å². The molecule has 0 aliphatic carbocycles. The molecule has 0 unspecified atom stereocenters. The third-order valence-electron chi connectivity index (χ3n) is 3.48. The first-order chi connectivity index (χ1) is 9.52. The van der Waals surface area contributed by atoms with E-state index in [0.717, 1.165) is 9.14 Å². The highest BCUT2D eigenvalue weighted by Crippen LogP contribution is 2.22. The Morgan fingerprint density at radius 1 is 1.40 bits per heavy atom. The Hall–Kier alpha value is -1.37. The molecule has 106 valence electrons. The average Bonchev–Trinajstić information content (AvgIpc) is 2.44. The molecule has 1 aliphatic rings. The van der Waals surface area contributed by atoms with Crippen LogP contribution in [0.2, 0.25) is 0 Å². The predicted molar refractivity (Wildman–Crippen MR) is 84.3 cm³/mol. The van der Waals surface area contributed by atoms with Crippen LogP contribution in [0.3, 0.4) is 0 Å². The lowest BCUT2D eigenvalue weighted by atomic mass is 9.91. The SMILES string of the molecule is C/C=C1\COC(=O)[C@@H](NC(=O)c2ccc(I)cc2)[C@@H]1C. The number of rotatable bonds is 2. The Bertz CT molecular complexity index is 551. The predicted octanol–water partition coefficient (Wildman–Crippen LogP) is 2.53. The number of ether oxygens (including phenoxy) is 1. The molecule has 1 saturated heterocycles. The van der Waals surface area contributed by atoms with Gasteiger partial charge in [0.2, 0.25) is 0 Å². The lowest BCUT2D eigenvalue weighted by molar-refractivity contribution is -0.148. The highest BCUT2D eigenvalue weighted by Gasteiger charge is 2.34. The van der Waals surface area contributed by atoms with Crippen LogP contribution in [-0.2, 0) is 9.53 Å². The van der Waals surface area contributed by atoms with E-state index in [4.69, 9.17) is 4.74 Å². The molecule has 1 fully saturated rings. The minimum Gasteiger partial charge on any atom is -0.460 e. The first kappa shape index (κ1) is 15.0. The maximum absolute atomic E-state index is 12.2. The van der Waals surface area contributed by atoms with Gasteiger partial charge in [0.05, 0.1) is 0 Å². The Kier molecular flexibility index (Phi) is 4.80. The van der Waals surface area contributed by atoms with Gasteiger partial charge >= 0.3 is 5.97 Å². The van der Waals surface area contributed by atoms with Crippen molar-refractivity contribution in [3.8, 4) is 0 Å². The summed E-state index contributed by atoms with van der Waals surface area (Å²) in [5.41, 5.74) is 1.57. The zero-order chi connectivity index (χ0) is 14.7. The summed E-state index contributed by atoms with van der Waals surface area (Å²) in [4.78, 5) is 24.0. The number of cyclic esters (lactones) is 1. The Labute approximate surface area is 131 Å². The fourth-order valence-electron chi connectivity index (χ4n) is 2.15. The Morgan fingerprint density at radius 2 is 2.05 bits per heavy atom. The van der Waals surface area contributed by atoms with Crippen LogP contribution in [0.15, 0.2) is 35.9 Å². The molecule has 1 aromatic carbocycles. The van der Waals surface area contributed by atoms with E-state index in [2.05, 4.69) is 27.9 Å². The molecule has 0 aromatic heterocycles. The second kappa shape index (κ2) is 6.39. The van der Waals surface area contributed by atoms with E-state index in [9.17, 15) is 9.59 Å². The van der Waals surface area contributed by atoms with Crippen molar-refractivity contribution in [3.05, 3.63) is 45.0 Å². The monoisotopic (exact) mass is 385 g/mol. The van der Waals surface area contributed by atoms with Crippen LogP contribution in [0.25, 0.3) is 0 Å². The van der Waals surface area contributed by atoms with Crippen molar-refractivity contribution < 1.29 is 14.3 Å². The number of esters is 1. The van der Waals surface area contributed by atoms with Gasteiger partial charge in [-0.15, -0.1) is 0 Å². The summed E-state index contributed by atoms with van der Waals surface area (Å²) in [6, 6.07) is 6.57. The molecule has 20 heavy (non-hydrogen) atoms. The van der Waals surface area contributed by atoms with Gasteiger partial charge in [0.1, 0.15) is 12.6 Å². The first-order valence-electron chi connectivity index (χ1n) is 6.41. The van der Waals surface area contributed by atoms with Crippen LogP contribution in [0, 0.1) is 9.49 Å². The van der Waals surface area contributed by atoms with Crippen LogP contribution in [0.1, 0.15) is 24.2 Å². The van der Waals surface area contributed by atoms with E-state index in [1.54, 1.807) is 12.1 Å². The zero-order valence-electron chi connectivity index (χ0n) is 11.4. The highest BCUT2D eigenvalue weighted by molar-refractivity contribution is 14.1. The fourth-order valence-corrected chi connectivity index (χ4v) is 2.51. The molecule has 0 radical (unpaired) electrons. The average molecular weight is 385 g/mol. The van der Waals surface area contributed by atoms with Crippen molar-refractivity contribution in [2.75, 3.05) is 6.61 Å². The number of amides is 1. The van der Waals surface area contributed by atoms with E-state index < -0.39 is 6.04 Å². The van der Waals surface area contributed by atoms with Gasteiger partial charge in [-0.05, 0) is 59.4 Å². The second-order valence-electron chi connectivity index (χ2n) is 4.72. The normalized spacial score (nSPS) is 24.4. The molecule has 1 aliphatic heterocycles. The Balaban J connectivity index is 2.13. The summed E-state index contributed by atoms with van der Waals surface area (Å²) >= 11 is 2.18. The zero-order valence-corrected chi connectivity index (χ0v) is 13.5. The first-order valence-corrected chi connectivity index (χ1v) is 7.49. The molecule has 2 atom stereocenters. The van der Waals surface area contributed by atoms with E-state index >= 15 is 0 Å². The van der Waals surface area contributed by atoms with Crippen molar-refractivity contribution in [3.63, 3.8) is 0 Å². The third kappa shape index (κ3) is 3.20. The molecular weight excluding hydrogens is 369 g/mol. The Morgan fingerprint density at radius 3 is 2.65 bits per heavy atom. The molecular formula is C15H16INO3. The maximum Gasteiger partial charge on any atom is 0.329 e. The molecule has 1 amide bonds. The van der Waals surface area contributed by atoms with Gasteiger partial charge in [-0.1, -0.05) is 13.0 Å². The second-order valence-corrected chi connectivity index (χ2v) is 5.96. The molecule has 0 spiro atoms. The van der Waals surface area contributed by atoms with Gasteiger partial charge in [-0.3, -0.25) is 4.79 Å². The van der Waals surface area contributed by atoms with Crippen LogP contribution in [0.4, 0.5) is 0 Å². The lowest BCUT2D eigenvalue weighted by Crippen LogP contribution is -2.49. The summed E-state index contributed by atoms with van der Waals surface area (Å²) < 4.78 is 6.15. The highest BCUT2D eigenvalue weighted by atomic mass is 127. The summed E-state index contributed by atoms with van der Waals surface area (Å²) in [7, 11) is 0. The van der Waals surface area contributed by atoms with Crippen molar-refractivity contribution in [2.45, 2.75) is 19.9 Å². The molecule has 1 aromatic rings. The number of hydrogen-bond donors (Lipinski definition) is 1. The number of carbonyl (C=O) groups excluding carboxylic acids is 2. The maximum atomic E-state index is 12.2. The van der Waals surface area contributed by atoms with Crippen LogP contribution in [0.5, 0.6) is 0 Å². The van der Waals surface area contributed by atoms with Crippen LogP contribution < -0.4 is 5.32 Å². The fraction of sp³-hybridized carbons (Fsp3) is 0.333. The molecule has 2 rings (SSSR count). The minimum atomic E-state index is -0.623. The number of benzene rings is 1. The van der Waals surface area contributed by atoms with Crippen LogP contribution >= 0.6 is 22.6 Å². The summed E-state index contributed by atoms with van der Waals surface area (Å²) in [5.74, 6) is -0.677. The molecule has 5 heteroatoms. The van der Waals surface area contributed by atoms with Crippen molar-refractivity contribution in [2.24, 2.45) is 5.92 Å². The van der Waals surface area contributed by atoms with E-state index in [1.165, 1.54) is 0 Å². The lowest BCUT2D eigenvalue weighted by Gasteiger charge is -2.30. The summed E-state index contributed by atoms with van der Waals surface area (Å²) in [5, 5.41) is 2.76. The van der Waals surface area contributed by atoms with Crippen molar-refractivity contribution in [1.29, 1.82) is 0 Å². The van der Waals surface area contributed by atoms with Gasteiger partial charge in [0.25, 0.3) is 5.91 Å². The quantitative estimate of drug-likeness (QED) is 0.484. The topological polar surface area (TPSA) is 55.4 Å². The number of halogens is 1. The van der Waals surface area contributed by atoms with Crippen LogP contribution in [-0.4, -0.2) is 24.5 Å². The van der Waals surface area contributed by atoms with Gasteiger partial charge < -0.3 is 10.1 Å². The molecule has 0 saturated carbocycles. The summed E-state index contributed by atoms with van der Waals surface area (Å²) in [6.45, 7) is 4.14. The van der Waals surface area contributed by atoms with Gasteiger partial charge in [-0.2, -0.15) is 0 Å². The van der Waals surface area contributed by atoms with Gasteiger partial charge in [0.15, 0.2) is 0 Å². The third-order valence-corrected chi connectivity index (χ3v) is 4.20. The van der Waals surface area contributed by atoms with E-state index in [1.807, 2.05) is 32.1 Å². The van der Waals surface area contributed by atoms with Crippen molar-refractivity contribution in [1.82, 2.24) is 5.32 Å².